The maximum Gasteiger partial charge on any atom is 0.407 e. The number of hydrogen-bond acceptors (Lipinski definition) is 6. The van der Waals surface area contributed by atoms with Crippen molar-refractivity contribution in [1.82, 2.24) is 10.3 Å². The number of aliphatic imine (C=N–C) groups is 1. The van der Waals surface area contributed by atoms with Crippen LogP contribution in [0.1, 0.15) is 18.4 Å². The Morgan fingerprint density at radius 3 is 2.63 bits per heavy atom. The lowest BCUT2D eigenvalue weighted by Crippen LogP contribution is -2.47. The number of rotatable bonds is 4. The van der Waals surface area contributed by atoms with Gasteiger partial charge in [-0.05, 0) is 11.1 Å². The summed E-state index contributed by atoms with van der Waals surface area (Å²) >= 11 is 0. The van der Waals surface area contributed by atoms with Crippen molar-refractivity contribution in [3.05, 3.63) is 54.2 Å². The maximum absolute atomic E-state index is 14.9. The van der Waals surface area contributed by atoms with E-state index in [1.165, 1.54) is 12.4 Å². The highest BCUT2D eigenvalue weighted by molar-refractivity contribution is 6.09. The highest BCUT2D eigenvalue weighted by Gasteiger charge is 2.43. The van der Waals surface area contributed by atoms with Gasteiger partial charge in [-0.3, -0.25) is 9.98 Å². The largest absolute Gasteiger partial charge is 0.441 e. The summed E-state index contributed by atoms with van der Waals surface area (Å²) in [5, 5.41) is 2.72. The number of benzene rings is 1. The van der Waals surface area contributed by atoms with Crippen molar-refractivity contribution < 1.29 is 13.9 Å². The Bertz CT molecular complexity index is 995. The van der Waals surface area contributed by atoms with E-state index in [2.05, 4.69) is 15.3 Å². The summed E-state index contributed by atoms with van der Waals surface area (Å²) in [6.07, 6.45) is 7.03. The zero-order valence-corrected chi connectivity index (χ0v) is 16.8. The molecule has 2 saturated heterocycles. The fourth-order valence-corrected chi connectivity index (χ4v) is 4.07. The van der Waals surface area contributed by atoms with Crippen LogP contribution in [0, 0.1) is 5.82 Å². The molecule has 0 radical (unpaired) electrons. The van der Waals surface area contributed by atoms with E-state index in [4.69, 9.17) is 10.5 Å². The van der Waals surface area contributed by atoms with Crippen LogP contribution in [0.4, 0.5) is 14.9 Å². The number of piperidine rings is 1. The average Bonchev–Trinajstić information content (AvgIpc) is 3.13. The van der Waals surface area contributed by atoms with Gasteiger partial charge in [0.25, 0.3) is 0 Å². The molecule has 156 valence electrons. The molecule has 1 aromatic carbocycles. The highest BCUT2D eigenvalue weighted by Crippen LogP contribution is 2.37. The van der Waals surface area contributed by atoms with Gasteiger partial charge >= 0.3 is 6.09 Å². The van der Waals surface area contributed by atoms with Crippen LogP contribution in [-0.4, -0.2) is 49.6 Å². The number of carbonyl (C=O) groups excluding carboxylic acids is 1. The number of carbonyl (C=O) groups is 1. The highest BCUT2D eigenvalue weighted by atomic mass is 19.1. The summed E-state index contributed by atoms with van der Waals surface area (Å²) in [6.45, 7) is 1.69. The normalized spacial score (nSPS) is 18.7. The van der Waals surface area contributed by atoms with Gasteiger partial charge < -0.3 is 20.7 Å². The SMILES string of the molecule is CN=CC(=CN)c1ccc(-c2cncc(F)c2N2CCC3(CC2)CNC(=O)O3)cc1. The number of nitrogens with zero attached hydrogens (tertiary/aromatic N) is 3. The second-order valence-electron chi connectivity index (χ2n) is 7.52. The fourth-order valence-electron chi connectivity index (χ4n) is 4.07. The van der Waals surface area contributed by atoms with Crippen molar-refractivity contribution in [2.24, 2.45) is 10.7 Å². The third-order valence-electron chi connectivity index (χ3n) is 5.70. The molecule has 2 aromatic rings. The number of pyridine rings is 1. The number of nitrogens with two attached hydrogens (primary N) is 1. The Kier molecular flexibility index (Phi) is 5.39. The van der Waals surface area contributed by atoms with Crippen LogP contribution in [-0.2, 0) is 4.74 Å². The Labute approximate surface area is 174 Å². The Balaban J connectivity index is 1.60. The third kappa shape index (κ3) is 3.72. The number of ether oxygens (including phenoxy) is 1. The molecule has 0 unspecified atom stereocenters. The van der Waals surface area contributed by atoms with Crippen LogP contribution in [0.2, 0.25) is 0 Å². The lowest BCUT2D eigenvalue weighted by Gasteiger charge is -2.39. The molecule has 0 saturated carbocycles. The predicted molar refractivity (Wildman–Crippen MR) is 115 cm³/mol. The van der Waals surface area contributed by atoms with E-state index in [1.54, 1.807) is 19.5 Å². The van der Waals surface area contributed by atoms with Crippen LogP contribution in [0.5, 0.6) is 0 Å². The second-order valence-corrected chi connectivity index (χ2v) is 7.52. The summed E-state index contributed by atoms with van der Waals surface area (Å²) in [7, 11) is 1.69. The van der Waals surface area contributed by atoms with Crippen molar-refractivity contribution >= 4 is 23.6 Å². The van der Waals surface area contributed by atoms with Gasteiger partial charge in [0.1, 0.15) is 5.60 Å². The van der Waals surface area contributed by atoms with Gasteiger partial charge in [-0.15, -0.1) is 0 Å². The molecular formula is C22H24FN5O2. The first-order valence-electron chi connectivity index (χ1n) is 9.85. The summed E-state index contributed by atoms with van der Waals surface area (Å²) < 4.78 is 20.3. The first kappa shape index (κ1) is 19.9. The predicted octanol–water partition coefficient (Wildman–Crippen LogP) is 2.97. The van der Waals surface area contributed by atoms with Crippen molar-refractivity contribution in [1.29, 1.82) is 0 Å². The third-order valence-corrected chi connectivity index (χ3v) is 5.70. The van der Waals surface area contributed by atoms with E-state index >= 15 is 0 Å². The van der Waals surface area contributed by atoms with E-state index in [9.17, 15) is 9.18 Å². The molecule has 0 bridgehead atoms. The van der Waals surface area contributed by atoms with Crippen LogP contribution < -0.4 is 16.0 Å². The second kappa shape index (κ2) is 8.14. The van der Waals surface area contributed by atoms with Gasteiger partial charge in [0, 0.05) is 62.7 Å². The smallest absolute Gasteiger partial charge is 0.407 e. The molecule has 1 amide bonds. The standard InChI is InChI=1S/C22H24FN5O2/c1-25-11-17(10-24)15-2-4-16(5-3-15)18-12-26-13-19(23)20(18)28-8-6-22(7-9-28)14-27-21(29)30-22/h2-5,10-13H,6-9,14,24H2,1H3,(H,27,29). The number of anilines is 1. The first-order valence-corrected chi connectivity index (χ1v) is 9.85. The minimum Gasteiger partial charge on any atom is -0.441 e. The van der Waals surface area contributed by atoms with E-state index < -0.39 is 5.60 Å². The van der Waals surface area contributed by atoms with Crippen LogP contribution in [0.25, 0.3) is 16.7 Å². The van der Waals surface area contributed by atoms with Crippen molar-refractivity contribution in [2.45, 2.75) is 18.4 Å². The maximum atomic E-state index is 14.9. The van der Waals surface area contributed by atoms with Crippen LogP contribution >= 0.6 is 0 Å². The van der Waals surface area contributed by atoms with Gasteiger partial charge in [-0.1, -0.05) is 24.3 Å². The minimum atomic E-state index is -0.481. The number of amides is 1. The summed E-state index contributed by atoms with van der Waals surface area (Å²) in [4.78, 5) is 21.5. The first-order chi connectivity index (χ1) is 14.5. The Morgan fingerprint density at radius 1 is 1.30 bits per heavy atom. The molecule has 7 nitrogen and oxygen atoms in total. The lowest BCUT2D eigenvalue weighted by molar-refractivity contribution is 0.0366. The Morgan fingerprint density at radius 2 is 2.03 bits per heavy atom. The van der Waals surface area contributed by atoms with E-state index in [0.717, 1.165) is 22.3 Å². The number of allylic oxidation sites excluding steroid dienone is 1. The molecule has 3 heterocycles. The van der Waals surface area contributed by atoms with Crippen LogP contribution in [0.15, 0.2) is 47.9 Å². The number of nitrogens with one attached hydrogen (secondary N) is 1. The minimum absolute atomic E-state index is 0.366. The number of halogens is 1. The topological polar surface area (TPSA) is 92.8 Å². The molecule has 1 spiro atoms. The number of aromatic nitrogens is 1. The quantitative estimate of drug-likeness (QED) is 0.758. The fraction of sp³-hybridized carbons (Fsp3) is 0.318. The van der Waals surface area contributed by atoms with E-state index in [0.29, 0.717) is 38.2 Å². The van der Waals surface area contributed by atoms with E-state index in [-0.39, 0.29) is 11.9 Å². The molecule has 2 aliphatic heterocycles. The summed E-state index contributed by atoms with van der Waals surface area (Å²) in [5.41, 5.74) is 9.04. The van der Waals surface area contributed by atoms with Crippen molar-refractivity contribution in [3.8, 4) is 11.1 Å². The average molecular weight is 409 g/mol. The zero-order chi connectivity index (χ0) is 21.1. The molecule has 30 heavy (non-hydrogen) atoms. The molecule has 0 atom stereocenters. The molecule has 2 aliphatic rings. The Hall–Kier alpha value is -3.42. The van der Waals surface area contributed by atoms with E-state index in [1.807, 2.05) is 29.2 Å². The molecule has 2 fully saturated rings. The van der Waals surface area contributed by atoms with Gasteiger partial charge in [-0.25, -0.2) is 9.18 Å². The number of alkyl carbamates (subject to hydrolysis) is 1. The molecular weight excluding hydrogens is 385 g/mol. The van der Waals surface area contributed by atoms with Gasteiger partial charge in [0.15, 0.2) is 5.82 Å². The molecule has 0 aliphatic carbocycles. The summed E-state index contributed by atoms with van der Waals surface area (Å²) in [5.74, 6) is -0.366. The van der Waals surface area contributed by atoms with Crippen LogP contribution in [0.3, 0.4) is 0 Å². The lowest BCUT2D eigenvalue weighted by atomic mass is 9.90. The molecule has 1 aromatic heterocycles. The summed E-state index contributed by atoms with van der Waals surface area (Å²) in [6, 6.07) is 7.71. The monoisotopic (exact) mass is 409 g/mol. The van der Waals surface area contributed by atoms with Gasteiger partial charge in [-0.2, -0.15) is 0 Å². The molecule has 4 rings (SSSR count). The number of hydrogen-bond donors (Lipinski definition) is 2. The van der Waals surface area contributed by atoms with Gasteiger partial charge in [0.2, 0.25) is 0 Å². The molecule has 8 heteroatoms. The zero-order valence-electron chi connectivity index (χ0n) is 16.8. The van der Waals surface area contributed by atoms with Crippen molar-refractivity contribution in [2.75, 3.05) is 31.6 Å². The van der Waals surface area contributed by atoms with Crippen molar-refractivity contribution in [3.63, 3.8) is 0 Å². The van der Waals surface area contributed by atoms with Gasteiger partial charge in [0.05, 0.1) is 18.4 Å². The molecule has 3 N–H and O–H groups in total.